The lowest BCUT2D eigenvalue weighted by Crippen LogP contribution is -1.98. The normalized spacial score (nSPS) is 10.9. The minimum Gasteiger partial charge on any atom is -0.476 e. The summed E-state index contributed by atoms with van der Waals surface area (Å²) >= 11 is 0. The predicted octanol–water partition coefficient (Wildman–Crippen LogP) is 2.22. The number of carboxylic acid groups (broad SMARTS) is 1. The summed E-state index contributed by atoms with van der Waals surface area (Å²) in [6, 6.07) is 3.61. The molecule has 0 saturated carbocycles. The standard InChI is InChI=1S/C12H9N3O3/c1-6-10(12(16)17)15-11(14-6)8-4-7-2-3-13-5-9(7)18-8/h2-5H,1H3,(H,14,15)(H,16,17). The number of nitrogens with zero attached hydrogens (tertiary/aromatic N) is 2. The summed E-state index contributed by atoms with van der Waals surface area (Å²) in [6.07, 6.45) is 3.27. The molecule has 90 valence electrons. The van der Waals surface area contributed by atoms with Crippen LogP contribution in [0.3, 0.4) is 0 Å². The maximum Gasteiger partial charge on any atom is 0.356 e. The Kier molecular flexibility index (Phi) is 2.16. The van der Waals surface area contributed by atoms with Crippen molar-refractivity contribution in [2.75, 3.05) is 0 Å². The summed E-state index contributed by atoms with van der Waals surface area (Å²) in [6.45, 7) is 1.66. The number of carbonyl (C=O) groups is 1. The van der Waals surface area contributed by atoms with Gasteiger partial charge in [0.05, 0.1) is 6.20 Å². The van der Waals surface area contributed by atoms with E-state index in [1.54, 1.807) is 25.4 Å². The van der Waals surface area contributed by atoms with Gasteiger partial charge in [-0.3, -0.25) is 4.98 Å². The summed E-state index contributed by atoms with van der Waals surface area (Å²) in [5, 5.41) is 9.84. The number of aromatic nitrogens is 3. The number of aryl methyl sites for hydroxylation is 1. The van der Waals surface area contributed by atoms with E-state index < -0.39 is 5.97 Å². The summed E-state index contributed by atoms with van der Waals surface area (Å²) in [5.74, 6) is -0.164. The second-order valence-corrected chi connectivity index (χ2v) is 3.89. The predicted molar refractivity (Wildman–Crippen MR) is 63.3 cm³/mol. The third-order valence-corrected chi connectivity index (χ3v) is 2.64. The van der Waals surface area contributed by atoms with E-state index in [4.69, 9.17) is 9.52 Å². The van der Waals surface area contributed by atoms with E-state index in [9.17, 15) is 4.79 Å². The zero-order valence-electron chi connectivity index (χ0n) is 9.47. The van der Waals surface area contributed by atoms with Crippen molar-refractivity contribution in [3.63, 3.8) is 0 Å². The van der Waals surface area contributed by atoms with Gasteiger partial charge in [-0.15, -0.1) is 0 Å². The molecular formula is C12H9N3O3. The van der Waals surface area contributed by atoms with E-state index >= 15 is 0 Å². The highest BCUT2D eigenvalue weighted by Gasteiger charge is 2.16. The molecule has 3 heterocycles. The summed E-state index contributed by atoms with van der Waals surface area (Å²) < 4.78 is 5.55. The molecule has 0 unspecified atom stereocenters. The first kappa shape index (κ1) is 10.5. The lowest BCUT2D eigenvalue weighted by Gasteiger charge is -1.87. The molecule has 0 atom stereocenters. The molecule has 0 aliphatic carbocycles. The van der Waals surface area contributed by atoms with Crippen LogP contribution in [-0.4, -0.2) is 26.0 Å². The molecule has 0 aromatic carbocycles. The van der Waals surface area contributed by atoms with Crippen LogP contribution in [0.2, 0.25) is 0 Å². The zero-order chi connectivity index (χ0) is 12.7. The lowest BCUT2D eigenvalue weighted by atomic mass is 10.3. The van der Waals surface area contributed by atoms with E-state index in [0.717, 1.165) is 5.39 Å². The molecule has 0 fully saturated rings. The van der Waals surface area contributed by atoms with Crippen molar-refractivity contribution >= 4 is 16.9 Å². The van der Waals surface area contributed by atoms with E-state index in [0.29, 0.717) is 22.9 Å². The fourth-order valence-corrected chi connectivity index (χ4v) is 1.79. The van der Waals surface area contributed by atoms with Crippen molar-refractivity contribution in [2.45, 2.75) is 6.92 Å². The number of aromatic amines is 1. The Balaban J connectivity index is 2.14. The van der Waals surface area contributed by atoms with Crippen molar-refractivity contribution in [3.8, 4) is 11.6 Å². The van der Waals surface area contributed by atoms with Gasteiger partial charge >= 0.3 is 5.97 Å². The number of nitrogens with one attached hydrogen (secondary N) is 1. The molecule has 3 aromatic heterocycles. The van der Waals surface area contributed by atoms with Gasteiger partial charge in [-0.25, -0.2) is 9.78 Å². The van der Waals surface area contributed by atoms with E-state index in [1.807, 2.05) is 6.07 Å². The van der Waals surface area contributed by atoms with Crippen LogP contribution in [0.25, 0.3) is 22.6 Å². The molecule has 0 aliphatic heterocycles. The van der Waals surface area contributed by atoms with Crippen LogP contribution >= 0.6 is 0 Å². The molecule has 2 N–H and O–H groups in total. The van der Waals surface area contributed by atoms with Crippen LogP contribution in [0, 0.1) is 6.92 Å². The SMILES string of the molecule is Cc1[nH]c(-c2cc3ccncc3o2)nc1C(=O)O. The minimum absolute atomic E-state index is 0.00332. The first-order valence-corrected chi connectivity index (χ1v) is 5.29. The van der Waals surface area contributed by atoms with Crippen LogP contribution < -0.4 is 0 Å². The number of carboxylic acids is 1. The van der Waals surface area contributed by atoms with Crippen molar-refractivity contribution in [1.29, 1.82) is 0 Å². The lowest BCUT2D eigenvalue weighted by molar-refractivity contribution is 0.0690. The molecule has 0 saturated heterocycles. The van der Waals surface area contributed by atoms with E-state index in [-0.39, 0.29) is 5.69 Å². The molecule has 3 aromatic rings. The zero-order valence-corrected chi connectivity index (χ0v) is 9.47. The van der Waals surface area contributed by atoms with Crippen molar-refractivity contribution in [1.82, 2.24) is 15.0 Å². The number of aromatic carboxylic acids is 1. The Morgan fingerprint density at radius 3 is 3.00 bits per heavy atom. The first-order valence-electron chi connectivity index (χ1n) is 5.29. The van der Waals surface area contributed by atoms with Gasteiger partial charge in [0.25, 0.3) is 0 Å². The fraction of sp³-hybridized carbons (Fsp3) is 0.0833. The van der Waals surface area contributed by atoms with Crippen molar-refractivity contribution in [3.05, 3.63) is 35.9 Å². The van der Waals surface area contributed by atoms with Crippen LogP contribution in [0.1, 0.15) is 16.2 Å². The molecule has 0 radical (unpaired) electrons. The Hall–Kier alpha value is -2.63. The quantitative estimate of drug-likeness (QED) is 0.720. The van der Waals surface area contributed by atoms with Gasteiger partial charge in [0.15, 0.2) is 22.9 Å². The topological polar surface area (TPSA) is 92.0 Å². The molecular weight excluding hydrogens is 234 g/mol. The third kappa shape index (κ3) is 1.55. The molecule has 0 bridgehead atoms. The van der Waals surface area contributed by atoms with Crippen molar-refractivity contribution < 1.29 is 14.3 Å². The Labute approximate surface area is 101 Å². The van der Waals surface area contributed by atoms with Gasteiger partial charge in [-0.2, -0.15) is 0 Å². The monoisotopic (exact) mass is 243 g/mol. The van der Waals surface area contributed by atoms with Crippen molar-refractivity contribution in [2.24, 2.45) is 0 Å². The number of H-pyrrole nitrogens is 1. The summed E-state index contributed by atoms with van der Waals surface area (Å²) in [5.41, 5.74) is 1.14. The van der Waals surface area contributed by atoms with E-state index in [1.165, 1.54) is 0 Å². The van der Waals surface area contributed by atoms with Gasteiger partial charge in [-0.05, 0) is 19.1 Å². The number of rotatable bonds is 2. The molecule has 6 heteroatoms. The van der Waals surface area contributed by atoms with Crippen LogP contribution in [0.4, 0.5) is 0 Å². The van der Waals surface area contributed by atoms with Gasteiger partial charge in [-0.1, -0.05) is 0 Å². The molecule has 0 spiro atoms. The van der Waals surface area contributed by atoms with Crippen LogP contribution in [0.15, 0.2) is 28.9 Å². The largest absolute Gasteiger partial charge is 0.476 e. The Morgan fingerprint density at radius 2 is 2.33 bits per heavy atom. The Bertz CT molecular complexity index is 709. The number of pyridine rings is 1. The highest BCUT2D eigenvalue weighted by molar-refractivity contribution is 5.88. The highest BCUT2D eigenvalue weighted by atomic mass is 16.4. The van der Waals surface area contributed by atoms with Gasteiger partial charge in [0, 0.05) is 17.3 Å². The average molecular weight is 243 g/mol. The maximum atomic E-state index is 10.9. The first-order chi connectivity index (χ1) is 8.65. The number of hydrogen-bond acceptors (Lipinski definition) is 4. The number of fused-ring (bicyclic) bond motifs is 1. The molecule has 0 amide bonds. The fourth-order valence-electron chi connectivity index (χ4n) is 1.79. The maximum absolute atomic E-state index is 10.9. The minimum atomic E-state index is -1.06. The van der Waals surface area contributed by atoms with Crippen LogP contribution in [0.5, 0.6) is 0 Å². The Morgan fingerprint density at radius 1 is 1.50 bits per heavy atom. The molecule has 3 rings (SSSR count). The number of hydrogen-bond donors (Lipinski definition) is 2. The summed E-state index contributed by atoms with van der Waals surface area (Å²) in [7, 11) is 0. The highest BCUT2D eigenvalue weighted by Crippen LogP contribution is 2.25. The van der Waals surface area contributed by atoms with Gasteiger partial charge < -0.3 is 14.5 Å². The van der Waals surface area contributed by atoms with Gasteiger partial charge in [0.2, 0.25) is 0 Å². The summed E-state index contributed by atoms with van der Waals surface area (Å²) in [4.78, 5) is 21.8. The number of furan rings is 1. The molecule has 6 nitrogen and oxygen atoms in total. The third-order valence-electron chi connectivity index (χ3n) is 2.64. The van der Waals surface area contributed by atoms with E-state index in [2.05, 4.69) is 15.0 Å². The van der Waals surface area contributed by atoms with Crippen LogP contribution in [-0.2, 0) is 0 Å². The molecule has 18 heavy (non-hydrogen) atoms. The second kappa shape index (κ2) is 3.69. The smallest absolute Gasteiger partial charge is 0.356 e. The second-order valence-electron chi connectivity index (χ2n) is 3.89. The van der Waals surface area contributed by atoms with Gasteiger partial charge in [0.1, 0.15) is 0 Å². The average Bonchev–Trinajstić information content (AvgIpc) is 2.91. The number of imidazole rings is 1. The molecule has 0 aliphatic rings.